The summed E-state index contributed by atoms with van der Waals surface area (Å²) < 4.78 is 0. The first-order valence-electron chi connectivity index (χ1n) is 9.85. The Kier molecular flexibility index (Phi) is 17.6. The number of nitrogens with one attached hydrogen (secondary N) is 4. The van der Waals surface area contributed by atoms with Gasteiger partial charge in [0.1, 0.15) is 5.84 Å². The molecule has 25 heavy (non-hydrogen) atoms. The van der Waals surface area contributed by atoms with Crippen LogP contribution in [-0.2, 0) is 0 Å². The number of carbonyl (C=O) groups excluding carboxylic acids is 1. The van der Waals surface area contributed by atoms with Crippen LogP contribution in [0.1, 0.15) is 84.0 Å². The predicted octanol–water partition coefficient (Wildman–Crippen LogP) is 4.50. The van der Waals surface area contributed by atoms with Crippen molar-refractivity contribution < 1.29 is 10.0 Å². The van der Waals surface area contributed by atoms with Crippen molar-refractivity contribution in [1.29, 1.82) is 5.41 Å². The Hall–Kier alpha value is -1.56. The SMILES string of the molecule is CCCCCNC(=O)NCCCC/C=C\CCCCCCC(=N)NO. The molecule has 0 atom stereocenters. The van der Waals surface area contributed by atoms with Gasteiger partial charge in [-0.05, 0) is 44.9 Å². The summed E-state index contributed by atoms with van der Waals surface area (Å²) in [6.07, 6.45) is 17.2. The summed E-state index contributed by atoms with van der Waals surface area (Å²) in [5, 5.41) is 21.5. The van der Waals surface area contributed by atoms with Crippen LogP contribution in [0.25, 0.3) is 0 Å². The molecule has 6 nitrogen and oxygen atoms in total. The third kappa shape index (κ3) is 18.6. The zero-order valence-electron chi connectivity index (χ0n) is 15.9. The van der Waals surface area contributed by atoms with Crippen LogP contribution in [0, 0.1) is 5.41 Å². The van der Waals surface area contributed by atoms with Crippen LogP contribution in [-0.4, -0.2) is 30.2 Å². The van der Waals surface area contributed by atoms with Gasteiger partial charge < -0.3 is 10.6 Å². The number of hydrogen-bond donors (Lipinski definition) is 5. The van der Waals surface area contributed by atoms with Gasteiger partial charge >= 0.3 is 6.03 Å². The molecule has 0 aliphatic heterocycles. The first-order chi connectivity index (χ1) is 12.2. The van der Waals surface area contributed by atoms with Crippen molar-refractivity contribution in [3.63, 3.8) is 0 Å². The highest BCUT2D eigenvalue weighted by Crippen LogP contribution is 2.06. The van der Waals surface area contributed by atoms with Gasteiger partial charge in [0.2, 0.25) is 0 Å². The number of urea groups is 1. The Morgan fingerprint density at radius 3 is 2.04 bits per heavy atom. The summed E-state index contributed by atoms with van der Waals surface area (Å²) >= 11 is 0. The van der Waals surface area contributed by atoms with Crippen molar-refractivity contribution in [1.82, 2.24) is 16.1 Å². The van der Waals surface area contributed by atoms with Gasteiger partial charge in [-0.3, -0.25) is 16.1 Å². The topological polar surface area (TPSA) is 97.2 Å². The number of carbonyl (C=O) groups is 1. The van der Waals surface area contributed by atoms with Crippen molar-refractivity contribution in [2.24, 2.45) is 0 Å². The molecule has 2 amide bonds. The van der Waals surface area contributed by atoms with Crippen LogP contribution in [0.5, 0.6) is 0 Å². The Morgan fingerprint density at radius 2 is 1.44 bits per heavy atom. The van der Waals surface area contributed by atoms with Crippen LogP contribution in [0.2, 0.25) is 0 Å². The molecule has 0 rings (SSSR count). The lowest BCUT2D eigenvalue weighted by Crippen LogP contribution is -2.36. The summed E-state index contributed by atoms with van der Waals surface area (Å²) in [7, 11) is 0. The third-order valence-electron chi connectivity index (χ3n) is 4.00. The lowest BCUT2D eigenvalue weighted by molar-refractivity contribution is 0.230. The molecular weight excluding hydrogens is 316 g/mol. The molecule has 0 saturated heterocycles. The van der Waals surface area contributed by atoms with Gasteiger partial charge in [-0.15, -0.1) is 0 Å². The van der Waals surface area contributed by atoms with E-state index in [1.54, 1.807) is 0 Å². The van der Waals surface area contributed by atoms with E-state index < -0.39 is 0 Å². The lowest BCUT2D eigenvalue weighted by atomic mass is 10.1. The molecule has 0 radical (unpaired) electrons. The average Bonchev–Trinajstić information content (AvgIpc) is 2.62. The van der Waals surface area contributed by atoms with Crippen LogP contribution in [0.3, 0.4) is 0 Å². The molecule has 0 bridgehead atoms. The fraction of sp³-hybridized carbons (Fsp3) is 0.789. The van der Waals surface area contributed by atoms with Crippen molar-refractivity contribution in [3.8, 4) is 0 Å². The molecule has 0 aromatic rings. The fourth-order valence-corrected chi connectivity index (χ4v) is 2.44. The van der Waals surface area contributed by atoms with E-state index in [4.69, 9.17) is 10.6 Å². The molecule has 146 valence electrons. The first kappa shape index (κ1) is 23.4. The molecule has 0 aliphatic carbocycles. The molecule has 0 saturated carbocycles. The monoisotopic (exact) mass is 354 g/mol. The van der Waals surface area contributed by atoms with E-state index in [1.807, 2.05) is 5.48 Å². The number of hydroxylamine groups is 1. The summed E-state index contributed by atoms with van der Waals surface area (Å²) in [6.45, 7) is 3.66. The second kappa shape index (κ2) is 18.8. The normalized spacial score (nSPS) is 10.8. The second-order valence-electron chi connectivity index (χ2n) is 6.40. The zero-order valence-corrected chi connectivity index (χ0v) is 15.9. The highest BCUT2D eigenvalue weighted by atomic mass is 16.5. The standard InChI is InChI=1S/C19H38N4O2/c1-2-3-13-16-21-19(24)22-17-14-11-9-7-5-4-6-8-10-12-15-18(20)23-25/h5,7,25H,2-4,6,8-17H2,1H3,(H2,20,23)(H2,21,22,24)/b7-5-. The Bertz CT molecular complexity index is 359. The number of rotatable bonds is 16. The molecule has 0 heterocycles. The van der Waals surface area contributed by atoms with E-state index in [-0.39, 0.29) is 11.9 Å². The van der Waals surface area contributed by atoms with Crippen molar-refractivity contribution in [2.45, 2.75) is 84.0 Å². The summed E-state index contributed by atoms with van der Waals surface area (Å²) in [4.78, 5) is 11.5. The minimum atomic E-state index is -0.0449. The Morgan fingerprint density at radius 1 is 0.880 bits per heavy atom. The number of amidine groups is 1. The van der Waals surface area contributed by atoms with Crippen molar-refractivity contribution >= 4 is 11.9 Å². The number of allylic oxidation sites excluding steroid dienone is 2. The smallest absolute Gasteiger partial charge is 0.314 e. The minimum Gasteiger partial charge on any atom is -0.338 e. The maximum absolute atomic E-state index is 11.5. The summed E-state index contributed by atoms with van der Waals surface area (Å²) in [5.74, 6) is 0.198. The van der Waals surface area contributed by atoms with Crippen LogP contribution in [0.4, 0.5) is 4.79 Å². The van der Waals surface area contributed by atoms with Gasteiger partial charge in [0.15, 0.2) is 0 Å². The van der Waals surface area contributed by atoms with Crippen LogP contribution >= 0.6 is 0 Å². The van der Waals surface area contributed by atoms with Gasteiger partial charge in [-0.2, -0.15) is 0 Å². The van der Waals surface area contributed by atoms with Crippen molar-refractivity contribution in [3.05, 3.63) is 12.2 Å². The third-order valence-corrected chi connectivity index (χ3v) is 4.00. The largest absolute Gasteiger partial charge is 0.338 e. The van der Waals surface area contributed by atoms with E-state index in [0.29, 0.717) is 6.42 Å². The maximum Gasteiger partial charge on any atom is 0.314 e. The van der Waals surface area contributed by atoms with Gasteiger partial charge in [-0.25, -0.2) is 4.79 Å². The molecule has 0 aromatic carbocycles. The number of hydrogen-bond acceptors (Lipinski definition) is 3. The quantitative estimate of drug-likeness (QED) is 0.0928. The van der Waals surface area contributed by atoms with E-state index in [1.165, 1.54) is 25.7 Å². The van der Waals surface area contributed by atoms with Crippen LogP contribution in [0.15, 0.2) is 12.2 Å². The van der Waals surface area contributed by atoms with Gasteiger partial charge in [0, 0.05) is 19.5 Å². The molecule has 0 fully saturated rings. The molecule has 0 aliphatic rings. The molecule has 5 N–H and O–H groups in total. The zero-order chi connectivity index (χ0) is 18.6. The average molecular weight is 355 g/mol. The number of amides is 2. The molecule has 0 spiro atoms. The minimum absolute atomic E-state index is 0.0449. The van der Waals surface area contributed by atoms with Gasteiger partial charge in [0.05, 0.1) is 0 Å². The van der Waals surface area contributed by atoms with Crippen molar-refractivity contribution in [2.75, 3.05) is 13.1 Å². The predicted molar refractivity (Wildman–Crippen MR) is 104 cm³/mol. The van der Waals surface area contributed by atoms with Gasteiger partial charge in [-0.1, -0.05) is 44.8 Å². The Labute approximate surface area is 153 Å². The second-order valence-corrected chi connectivity index (χ2v) is 6.40. The summed E-state index contributed by atoms with van der Waals surface area (Å²) in [6, 6.07) is -0.0449. The maximum atomic E-state index is 11.5. The van der Waals surface area contributed by atoms with E-state index in [9.17, 15) is 4.79 Å². The molecule has 0 aromatic heterocycles. The molecule has 0 unspecified atom stereocenters. The van der Waals surface area contributed by atoms with E-state index >= 15 is 0 Å². The van der Waals surface area contributed by atoms with E-state index in [0.717, 1.165) is 58.0 Å². The highest BCUT2D eigenvalue weighted by Gasteiger charge is 1.97. The van der Waals surface area contributed by atoms with E-state index in [2.05, 4.69) is 29.7 Å². The van der Waals surface area contributed by atoms with Crippen LogP contribution < -0.4 is 16.1 Å². The fourth-order valence-electron chi connectivity index (χ4n) is 2.44. The molecular formula is C19H38N4O2. The lowest BCUT2D eigenvalue weighted by Gasteiger charge is -2.06. The highest BCUT2D eigenvalue weighted by molar-refractivity contribution is 5.77. The molecule has 6 heteroatoms. The Balaban J connectivity index is 3.25. The first-order valence-corrected chi connectivity index (χ1v) is 9.85. The summed E-state index contributed by atoms with van der Waals surface area (Å²) in [5.41, 5.74) is 1.87. The number of unbranched alkanes of at least 4 members (excludes halogenated alkanes) is 8. The van der Waals surface area contributed by atoms with Gasteiger partial charge in [0.25, 0.3) is 0 Å².